The Morgan fingerprint density at radius 3 is 3.00 bits per heavy atom. The molecule has 2 aromatic rings. The first-order valence-corrected chi connectivity index (χ1v) is 7.15. The van der Waals surface area contributed by atoms with E-state index in [1.807, 2.05) is 11.0 Å². The van der Waals surface area contributed by atoms with Gasteiger partial charge >= 0.3 is 0 Å². The van der Waals surface area contributed by atoms with E-state index in [0.29, 0.717) is 13.1 Å². The van der Waals surface area contributed by atoms with Crippen molar-refractivity contribution >= 4 is 11.7 Å². The molecule has 1 fully saturated rings. The van der Waals surface area contributed by atoms with Gasteiger partial charge in [-0.05, 0) is 12.1 Å². The highest BCUT2D eigenvalue weighted by Crippen LogP contribution is 2.21. The van der Waals surface area contributed by atoms with Crippen molar-refractivity contribution in [2.24, 2.45) is 5.92 Å². The fraction of sp³-hybridized carbons (Fsp3) is 0.429. The van der Waals surface area contributed by atoms with Gasteiger partial charge in [-0.1, -0.05) is 0 Å². The molecule has 1 saturated heterocycles. The number of carbonyl (C=O) groups is 1. The predicted octanol–water partition coefficient (Wildman–Crippen LogP) is -0.713. The van der Waals surface area contributed by atoms with Crippen LogP contribution in [0.25, 0.3) is 0 Å². The van der Waals surface area contributed by atoms with E-state index < -0.39 is 0 Å². The number of rotatable bonds is 5. The Bertz CT molecular complexity index is 603. The highest BCUT2D eigenvalue weighted by molar-refractivity contribution is 5.76. The average Bonchev–Trinajstić information content (AvgIpc) is 3.17. The lowest BCUT2D eigenvalue weighted by molar-refractivity contribution is -0.122. The van der Waals surface area contributed by atoms with E-state index in [0.717, 1.165) is 5.82 Å². The quantitative estimate of drug-likeness (QED) is 0.757. The number of anilines is 1. The molecule has 0 spiro atoms. The lowest BCUT2D eigenvalue weighted by atomic mass is 10.1. The van der Waals surface area contributed by atoms with Gasteiger partial charge < -0.3 is 15.3 Å². The van der Waals surface area contributed by atoms with Gasteiger partial charge in [0, 0.05) is 44.2 Å². The van der Waals surface area contributed by atoms with Gasteiger partial charge in [-0.2, -0.15) is 5.10 Å². The summed E-state index contributed by atoms with van der Waals surface area (Å²) in [5, 5.41) is 16.5. The van der Waals surface area contributed by atoms with Crippen LogP contribution in [0.2, 0.25) is 0 Å². The second-order valence-corrected chi connectivity index (χ2v) is 5.29. The number of nitrogens with one attached hydrogen (secondary N) is 1. The van der Waals surface area contributed by atoms with Crippen molar-refractivity contribution in [3.8, 4) is 0 Å². The molecule has 2 aromatic heterocycles. The molecule has 8 heteroatoms. The minimum Gasteiger partial charge on any atom is -0.396 e. The number of hydrogen-bond donors (Lipinski definition) is 2. The van der Waals surface area contributed by atoms with Crippen molar-refractivity contribution in [3.05, 3.63) is 37.1 Å². The van der Waals surface area contributed by atoms with Gasteiger partial charge in [0.05, 0.1) is 6.04 Å². The zero-order valence-corrected chi connectivity index (χ0v) is 12.0. The molecule has 0 saturated carbocycles. The maximum Gasteiger partial charge on any atom is 0.242 e. The molecule has 0 aromatic carbocycles. The Kier molecular flexibility index (Phi) is 4.29. The normalized spacial score (nSPS) is 21.0. The lowest BCUT2D eigenvalue weighted by Gasteiger charge is -2.18. The van der Waals surface area contributed by atoms with E-state index in [1.165, 1.54) is 6.33 Å². The van der Waals surface area contributed by atoms with Gasteiger partial charge in [-0.15, -0.1) is 0 Å². The second-order valence-electron chi connectivity index (χ2n) is 5.29. The van der Waals surface area contributed by atoms with E-state index in [-0.39, 0.29) is 31.0 Å². The summed E-state index contributed by atoms with van der Waals surface area (Å²) in [7, 11) is 0. The topological polar surface area (TPSA) is 96.2 Å². The molecule has 8 nitrogen and oxygen atoms in total. The highest BCUT2D eigenvalue weighted by Gasteiger charge is 2.33. The molecule has 0 unspecified atom stereocenters. The van der Waals surface area contributed by atoms with Crippen LogP contribution >= 0.6 is 0 Å². The number of amides is 1. The number of hydrogen-bond acceptors (Lipinski definition) is 6. The summed E-state index contributed by atoms with van der Waals surface area (Å²) < 4.78 is 1.57. The predicted molar refractivity (Wildman–Crippen MR) is 79.0 cm³/mol. The summed E-state index contributed by atoms with van der Waals surface area (Å²) in [5.74, 6) is 0.672. The summed E-state index contributed by atoms with van der Waals surface area (Å²) in [4.78, 5) is 22.2. The highest BCUT2D eigenvalue weighted by atomic mass is 16.3. The third-order valence-corrected chi connectivity index (χ3v) is 3.78. The van der Waals surface area contributed by atoms with Crippen LogP contribution in [-0.2, 0) is 11.3 Å². The van der Waals surface area contributed by atoms with Crippen molar-refractivity contribution < 1.29 is 9.90 Å². The standard InChI is InChI=1S/C14H18N6O2/c21-9-11-6-19(13-2-4-15-10-16-13)7-12(11)18-14(22)8-20-5-1-3-17-20/h1-5,10-12,21H,6-9H2,(H,18,22)/t11-,12+/m0/s1. The second kappa shape index (κ2) is 6.52. The third kappa shape index (κ3) is 3.22. The fourth-order valence-corrected chi connectivity index (χ4v) is 2.67. The lowest BCUT2D eigenvalue weighted by Crippen LogP contribution is -2.43. The van der Waals surface area contributed by atoms with Gasteiger partial charge in [-0.3, -0.25) is 9.48 Å². The van der Waals surface area contributed by atoms with Crippen molar-refractivity contribution in [1.29, 1.82) is 0 Å². The van der Waals surface area contributed by atoms with Crippen LogP contribution in [0, 0.1) is 5.92 Å². The summed E-state index contributed by atoms with van der Waals surface area (Å²) in [6.45, 7) is 1.47. The Morgan fingerprint density at radius 2 is 2.32 bits per heavy atom. The Morgan fingerprint density at radius 1 is 1.41 bits per heavy atom. The number of carbonyl (C=O) groups excluding carboxylic acids is 1. The first kappa shape index (κ1) is 14.5. The molecule has 0 aliphatic carbocycles. The maximum absolute atomic E-state index is 12.1. The van der Waals surface area contributed by atoms with Crippen LogP contribution in [0.3, 0.4) is 0 Å². The average molecular weight is 302 g/mol. The van der Waals surface area contributed by atoms with Gasteiger partial charge in [-0.25, -0.2) is 9.97 Å². The molecule has 1 aliphatic heterocycles. The van der Waals surface area contributed by atoms with Crippen molar-refractivity contribution in [1.82, 2.24) is 25.1 Å². The molecule has 2 atom stereocenters. The molecule has 3 rings (SSSR count). The van der Waals surface area contributed by atoms with Crippen LogP contribution < -0.4 is 10.2 Å². The smallest absolute Gasteiger partial charge is 0.242 e. The molecule has 0 radical (unpaired) electrons. The molecule has 1 amide bonds. The number of aliphatic hydroxyl groups is 1. The molecule has 1 aliphatic rings. The molecule has 22 heavy (non-hydrogen) atoms. The molecule has 2 N–H and O–H groups in total. The first-order valence-electron chi connectivity index (χ1n) is 7.15. The van der Waals surface area contributed by atoms with Gasteiger partial charge in [0.25, 0.3) is 0 Å². The van der Waals surface area contributed by atoms with Crippen molar-refractivity contribution in [3.63, 3.8) is 0 Å². The van der Waals surface area contributed by atoms with Gasteiger partial charge in [0.1, 0.15) is 18.7 Å². The van der Waals surface area contributed by atoms with E-state index in [2.05, 4.69) is 20.4 Å². The Labute approximate surface area is 127 Å². The largest absolute Gasteiger partial charge is 0.396 e. The van der Waals surface area contributed by atoms with Gasteiger partial charge in [0.15, 0.2) is 0 Å². The monoisotopic (exact) mass is 302 g/mol. The summed E-state index contributed by atoms with van der Waals surface area (Å²) in [6, 6.07) is 3.49. The van der Waals surface area contributed by atoms with Crippen LogP contribution in [-0.4, -0.2) is 56.5 Å². The SMILES string of the molecule is O=C(Cn1cccn1)N[C@@H]1CN(c2ccncn2)C[C@H]1CO. The van der Waals surface area contributed by atoms with E-state index in [4.69, 9.17) is 0 Å². The van der Waals surface area contributed by atoms with E-state index in [9.17, 15) is 9.90 Å². The summed E-state index contributed by atoms with van der Waals surface area (Å²) in [6.07, 6.45) is 6.55. The van der Waals surface area contributed by atoms with Gasteiger partial charge in [0.2, 0.25) is 5.91 Å². The van der Waals surface area contributed by atoms with E-state index >= 15 is 0 Å². The minimum atomic E-state index is -0.114. The first-order chi connectivity index (χ1) is 10.8. The number of aromatic nitrogens is 4. The minimum absolute atomic E-state index is 0.0171. The molecule has 116 valence electrons. The molecular weight excluding hydrogens is 284 g/mol. The van der Waals surface area contributed by atoms with Crippen molar-refractivity contribution in [2.45, 2.75) is 12.6 Å². The molecule has 0 bridgehead atoms. The van der Waals surface area contributed by atoms with E-state index in [1.54, 1.807) is 29.3 Å². The number of aliphatic hydroxyl groups excluding tert-OH is 1. The summed E-state index contributed by atoms with van der Waals surface area (Å²) >= 11 is 0. The zero-order valence-electron chi connectivity index (χ0n) is 12.0. The van der Waals surface area contributed by atoms with Crippen LogP contribution in [0.5, 0.6) is 0 Å². The van der Waals surface area contributed by atoms with Crippen LogP contribution in [0.4, 0.5) is 5.82 Å². The third-order valence-electron chi connectivity index (χ3n) is 3.78. The zero-order chi connectivity index (χ0) is 15.4. The molecular formula is C14H18N6O2. The summed E-state index contributed by atoms with van der Waals surface area (Å²) in [5.41, 5.74) is 0. The Balaban J connectivity index is 1.61. The van der Waals surface area contributed by atoms with Crippen LogP contribution in [0.15, 0.2) is 37.1 Å². The van der Waals surface area contributed by atoms with Crippen LogP contribution in [0.1, 0.15) is 0 Å². The Hall–Kier alpha value is -2.48. The maximum atomic E-state index is 12.1. The molecule has 3 heterocycles. The fourth-order valence-electron chi connectivity index (χ4n) is 2.67. The number of nitrogens with zero attached hydrogens (tertiary/aromatic N) is 5. The van der Waals surface area contributed by atoms with Crippen molar-refractivity contribution in [2.75, 3.05) is 24.6 Å².